The van der Waals surface area contributed by atoms with Gasteiger partial charge in [0.1, 0.15) is 0 Å². The summed E-state index contributed by atoms with van der Waals surface area (Å²) in [4.78, 5) is 0. The van der Waals surface area contributed by atoms with E-state index in [2.05, 4.69) is 26.5 Å². The molecule has 0 bridgehead atoms. The highest BCUT2D eigenvalue weighted by Crippen LogP contribution is 2.11. The van der Waals surface area contributed by atoms with Gasteiger partial charge in [0.25, 0.3) is 0 Å². The molecule has 0 aromatic heterocycles. The number of hydrogen-bond donors (Lipinski definition) is 1. The van der Waals surface area contributed by atoms with Crippen molar-refractivity contribution in [3.63, 3.8) is 0 Å². The number of hydrogen-bond acceptors (Lipinski definition) is 1. The van der Waals surface area contributed by atoms with Gasteiger partial charge in [-0.15, -0.1) is 0 Å². The van der Waals surface area contributed by atoms with Gasteiger partial charge >= 0.3 is 0 Å². The van der Waals surface area contributed by atoms with Crippen molar-refractivity contribution < 1.29 is 0 Å². The van der Waals surface area contributed by atoms with Gasteiger partial charge in [0.05, 0.1) is 0 Å². The van der Waals surface area contributed by atoms with E-state index >= 15 is 0 Å². The predicted octanol–water partition coefficient (Wildman–Crippen LogP) is 4.16. The summed E-state index contributed by atoms with van der Waals surface area (Å²) >= 11 is 4.18. The van der Waals surface area contributed by atoms with E-state index in [9.17, 15) is 0 Å². The number of unbranched alkanes of at least 4 members (excludes halogenated alkanes) is 1. The first kappa shape index (κ1) is 13.9. The fourth-order valence-electron chi connectivity index (χ4n) is 0.917. The van der Waals surface area contributed by atoms with Crippen LogP contribution in [0.25, 0.3) is 0 Å². The van der Waals surface area contributed by atoms with Gasteiger partial charge in [-0.25, -0.2) is 0 Å². The summed E-state index contributed by atoms with van der Waals surface area (Å²) in [5.41, 5.74) is 0. The minimum atomic E-state index is 0.891. The Kier molecular flexibility index (Phi) is 16.4. The molecule has 1 unspecified atom stereocenters. The van der Waals surface area contributed by atoms with E-state index in [0.717, 1.165) is 11.7 Å². The van der Waals surface area contributed by atoms with Gasteiger partial charge in [0, 0.05) is 0 Å². The van der Waals surface area contributed by atoms with Gasteiger partial charge in [-0.1, -0.05) is 47.0 Å². The lowest BCUT2D eigenvalue weighted by atomic mass is 10.0. The molecule has 0 heterocycles. The maximum atomic E-state index is 4.18. The predicted molar refractivity (Wildman–Crippen MR) is 58.5 cm³/mol. The molecule has 0 aliphatic carbocycles. The second-order valence-electron chi connectivity index (χ2n) is 2.76. The third-order valence-corrected chi connectivity index (χ3v) is 1.93. The van der Waals surface area contributed by atoms with Crippen molar-refractivity contribution in [3.8, 4) is 0 Å². The smallest absolute Gasteiger partial charge is 0.00954 e. The number of thiol groups is 1. The van der Waals surface area contributed by atoms with Crippen molar-refractivity contribution >= 4 is 12.6 Å². The van der Waals surface area contributed by atoms with Crippen LogP contribution >= 0.6 is 12.6 Å². The quantitative estimate of drug-likeness (QED) is 0.597. The van der Waals surface area contributed by atoms with Crippen LogP contribution in [0, 0.1) is 5.92 Å². The average Bonchev–Trinajstić information content (AvgIpc) is 2.05. The Morgan fingerprint density at radius 3 is 2.09 bits per heavy atom. The lowest BCUT2D eigenvalue weighted by molar-refractivity contribution is 0.495. The van der Waals surface area contributed by atoms with Crippen LogP contribution in [0.4, 0.5) is 0 Å². The summed E-state index contributed by atoms with van der Waals surface area (Å²) in [6.07, 6.45) is 5.38. The third kappa shape index (κ3) is 13.4. The highest BCUT2D eigenvalue weighted by Gasteiger charge is 1.97. The van der Waals surface area contributed by atoms with Crippen LogP contribution in [-0.4, -0.2) is 5.75 Å². The van der Waals surface area contributed by atoms with Crippen molar-refractivity contribution in [3.05, 3.63) is 0 Å². The van der Waals surface area contributed by atoms with E-state index in [1.165, 1.54) is 25.7 Å². The van der Waals surface area contributed by atoms with E-state index < -0.39 is 0 Å². The zero-order valence-electron chi connectivity index (χ0n) is 8.56. The molecular weight excluding hydrogens is 152 g/mol. The molecule has 0 N–H and O–H groups in total. The SMILES string of the molecule is CC.CCCCC(C)CCS. The summed E-state index contributed by atoms with van der Waals surface area (Å²) in [7, 11) is 0. The standard InChI is InChI=1S/C8H18S.C2H6/c1-3-4-5-8(2)6-7-9;1-2/h8-9H,3-7H2,1-2H3;1-2H3. The van der Waals surface area contributed by atoms with E-state index in [-0.39, 0.29) is 0 Å². The molecule has 11 heavy (non-hydrogen) atoms. The normalized spacial score (nSPS) is 11.7. The van der Waals surface area contributed by atoms with Crippen molar-refractivity contribution in [2.24, 2.45) is 5.92 Å². The van der Waals surface area contributed by atoms with E-state index in [0.29, 0.717) is 0 Å². The van der Waals surface area contributed by atoms with Gasteiger partial charge in [-0.3, -0.25) is 0 Å². The maximum Gasteiger partial charge on any atom is -0.00954 e. The van der Waals surface area contributed by atoms with Gasteiger partial charge in [0.15, 0.2) is 0 Å². The first-order valence-electron chi connectivity index (χ1n) is 4.92. The topological polar surface area (TPSA) is 0 Å². The highest BCUT2D eigenvalue weighted by molar-refractivity contribution is 7.80. The molecule has 0 amide bonds. The first-order valence-corrected chi connectivity index (χ1v) is 5.55. The molecular formula is C10H24S. The van der Waals surface area contributed by atoms with Gasteiger partial charge in [0.2, 0.25) is 0 Å². The van der Waals surface area contributed by atoms with Crippen LogP contribution in [0.2, 0.25) is 0 Å². The molecule has 0 fully saturated rings. The molecule has 0 aromatic carbocycles. The van der Waals surface area contributed by atoms with E-state index in [4.69, 9.17) is 0 Å². The maximum absolute atomic E-state index is 4.18. The molecule has 0 saturated carbocycles. The van der Waals surface area contributed by atoms with Crippen LogP contribution in [0.1, 0.15) is 53.4 Å². The molecule has 0 aliphatic heterocycles. The Hall–Kier alpha value is 0.350. The van der Waals surface area contributed by atoms with Crippen molar-refractivity contribution in [1.29, 1.82) is 0 Å². The minimum Gasteiger partial charge on any atom is -0.179 e. The van der Waals surface area contributed by atoms with Crippen LogP contribution < -0.4 is 0 Å². The van der Waals surface area contributed by atoms with E-state index in [1.807, 2.05) is 13.8 Å². The summed E-state index contributed by atoms with van der Waals surface area (Å²) in [5.74, 6) is 1.94. The lowest BCUT2D eigenvalue weighted by Crippen LogP contribution is -1.94. The molecule has 0 aromatic rings. The lowest BCUT2D eigenvalue weighted by Gasteiger charge is -2.06. The van der Waals surface area contributed by atoms with Crippen LogP contribution in [-0.2, 0) is 0 Å². The molecule has 0 rings (SSSR count). The highest BCUT2D eigenvalue weighted by atomic mass is 32.1. The fourth-order valence-corrected chi connectivity index (χ4v) is 1.36. The molecule has 70 valence electrons. The van der Waals surface area contributed by atoms with Crippen molar-refractivity contribution in [2.75, 3.05) is 5.75 Å². The molecule has 0 aliphatic rings. The van der Waals surface area contributed by atoms with Crippen molar-refractivity contribution in [2.45, 2.75) is 53.4 Å². The third-order valence-electron chi connectivity index (χ3n) is 1.67. The van der Waals surface area contributed by atoms with Crippen LogP contribution in [0.15, 0.2) is 0 Å². The van der Waals surface area contributed by atoms with Gasteiger partial charge < -0.3 is 0 Å². The molecule has 1 heteroatoms. The molecule has 0 nitrogen and oxygen atoms in total. The Morgan fingerprint density at radius 1 is 1.18 bits per heavy atom. The monoisotopic (exact) mass is 176 g/mol. The Balaban J connectivity index is 0. The fraction of sp³-hybridized carbons (Fsp3) is 1.00. The van der Waals surface area contributed by atoms with Gasteiger partial charge in [-0.2, -0.15) is 12.6 Å². The minimum absolute atomic E-state index is 0.891. The van der Waals surface area contributed by atoms with E-state index in [1.54, 1.807) is 0 Å². The molecule has 0 saturated heterocycles. The Bertz CT molecular complexity index is 52.8. The van der Waals surface area contributed by atoms with Crippen LogP contribution in [0.3, 0.4) is 0 Å². The number of rotatable bonds is 5. The second-order valence-corrected chi connectivity index (χ2v) is 3.21. The molecule has 0 radical (unpaired) electrons. The van der Waals surface area contributed by atoms with Gasteiger partial charge in [-0.05, 0) is 18.1 Å². The Morgan fingerprint density at radius 2 is 1.73 bits per heavy atom. The molecule has 0 spiro atoms. The van der Waals surface area contributed by atoms with Crippen LogP contribution in [0.5, 0.6) is 0 Å². The Labute approximate surface area is 78.2 Å². The zero-order valence-corrected chi connectivity index (χ0v) is 9.45. The zero-order chi connectivity index (χ0) is 9.11. The summed E-state index contributed by atoms with van der Waals surface area (Å²) in [5, 5.41) is 0. The first-order chi connectivity index (χ1) is 5.31. The second kappa shape index (κ2) is 13.0. The largest absolute Gasteiger partial charge is 0.179 e. The van der Waals surface area contributed by atoms with Crippen molar-refractivity contribution in [1.82, 2.24) is 0 Å². The summed E-state index contributed by atoms with van der Waals surface area (Å²) in [6, 6.07) is 0. The molecule has 1 atom stereocenters. The average molecular weight is 176 g/mol. The summed E-state index contributed by atoms with van der Waals surface area (Å²) < 4.78 is 0. The summed E-state index contributed by atoms with van der Waals surface area (Å²) in [6.45, 7) is 8.55.